The van der Waals surface area contributed by atoms with E-state index in [0.29, 0.717) is 0 Å². The van der Waals surface area contributed by atoms with E-state index in [1.807, 2.05) is 0 Å². The molecule has 3 rings (SSSR count). The van der Waals surface area contributed by atoms with Crippen LogP contribution in [0.2, 0.25) is 0 Å². The first-order valence-electron chi connectivity index (χ1n) is 18.1. The lowest BCUT2D eigenvalue weighted by Crippen LogP contribution is -2.85. The van der Waals surface area contributed by atoms with Crippen LogP contribution in [0.5, 0.6) is 0 Å². The average Bonchev–Trinajstić information content (AvgIpc) is 3.02. The van der Waals surface area contributed by atoms with Crippen LogP contribution in [0, 0.1) is 10.8 Å². The lowest BCUT2D eigenvalue weighted by Gasteiger charge is -2.68. The van der Waals surface area contributed by atoms with Crippen LogP contribution in [0.4, 0.5) is 0 Å². The van der Waals surface area contributed by atoms with E-state index in [1.54, 1.807) is 27.7 Å². The molecule has 15 heteroatoms. The van der Waals surface area contributed by atoms with E-state index < -0.39 is 97.9 Å². The van der Waals surface area contributed by atoms with Gasteiger partial charge in [-0.05, 0) is 89.5 Å². The maximum Gasteiger partial charge on any atom is 0.124 e. The van der Waals surface area contributed by atoms with Crippen LogP contribution in [0.25, 0.3) is 0 Å². The Hall–Kier alpha value is -0.600. The van der Waals surface area contributed by atoms with Gasteiger partial charge in [-0.3, -0.25) is 0 Å². The van der Waals surface area contributed by atoms with Crippen molar-refractivity contribution in [3.8, 4) is 0 Å². The Balaban J connectivity index is 1.93. The van der Waals surface area contributed by atoms with Gasteiger partial charge in [-0.1, -0.05) is 13.8 Å². The Labute approximate surface area is 308 Å². The SMILES string of the molecule is CC1(O)[C@@](C)(COCC[C@@]2(C)C(C)(O)[C@@](C)(COC[C@]3(C)C(C)(CO)OCC(C)(O)[C@]3(C)O)OC(C)(CO)[C@@]2(C)O)OC(C)(CO)[C@@](C)(O)[C@@]1(C)O. The molecule has 0 saturated carbocycles. The summed E-state index contributed by atoms with van der Waals surface area (Å²) in [4.78, 5) is 0. The molecule has 3 fully saturated rings. The van der Waals surface area contributed by atoms with E-state index >= 15 is 0 Å². The summed E-state index contributed by atoms with van der Waals surface area (Å²) >= 11 is 0. The fourth-order valence-electron chi connectivity index (χ4n) is 8.95. The predicted molar refractivity (Wildman–Crippen MR) is 188 cm³/mol. The first-order valence-corrected chi connectivity index (χ1v) is 18.1. The minimum Gasteiger partial charge on any atom is -0.393 e. The zero-order chi connectivity index (χ0) is 40.9. The van der Waals surface area contributed by atoms with Crippen LogP contribution in [0.15, 0.2) is 0 Å². The molecule has 0 amide bonds. The summed E-state index contributed by atoms with van der Waals surface area (Å²) in [6, 6.07) is 0. The molecule has 52 heavy (non-hydrogen) atoms. The van der Waals surface area contributed by atoms with Crippen molar-refractivity contribution in [2.24, 2.45) is 10.8 Å². The number of hydrogen-bond donors (Lipinski definition) is 10. The summed E-state index contributed by atoms with van der Waals surface area (Å²) < 4.78 is 30.8. The van der Waals surface area contributed by atoms with Gasteiger partial charge in [0, 0.05) is 12.0 Å². The molecule has 3 saturated heterocycles. The van der Waals surface area contributed by atoms with Crippen LogP contribution in [-0.2, 0) is 23.7 Å². The molecule has 0 aromatic heterocycles. The smallest absolute Gasteiger partial charge is 0.124 e. The van der Waals surface area contributed by atoms with Crippen molar-refractivity contribution in [3.63, 3.8) is 0 Å². The molecule has 0 aromatic rings. The van der Waals surface area contributed by atoms with Gasteiger partial charge >= 0.3 is 0 Å². The number of rotatable bonds is 12. The van der Waals surface area contributed by atoms with Crippen LogP contribution < -0.4 is 0 Å². The largest absolute Gasteiger partial charge is 0.393 e. The Morgan fingerprint density at radius 1 is 0.423 bits per heavy atom. The van der Waals surface area contributed by atoms with Gasteiger partial charge in [-0.2, -0.15) is 0 Å². The highest BCUT2D eigenvalue weighted by Crippen LogP contribution is 2.61. The molecule has 10 N–H and O–H groups in total. The molecule has 14 atom stereocenters. The third kappa shape index (κ3) is 5.63. The molecule has 15 nitrogen and oxygen atoms in total. The first kappa shape index (κ1) is 45.8. The summed E-state index contributed by atoms with van der Waals surface area (Å²) in [7, 11) is 0. The predicted octanol–water partition coefficient (Wildman–Crippen LogP) is -0.460. The Bertz CT molecular complexity index is 1310. The molecule has 308 valence electrons. The lowest BCUT2D eigenvalue weighted by atomic mass is 9.50. The fourth-order valence-corrected chi connectivity index (χ4v) is 8.95. The molecular formula is C37H70O15. The van der Waals surface area contributed by atoms with Crippen LogP contribution >= 0.6 is 0 Å². The van der Waals surface area contributed by atoms with Crippen molar-refractivity contribution in [3.05, 3.63) is 0 Å². The van der Waals surface area contributed by atoms with Gasteiger partial charge < -0.3 is 74.7 Å². The van der Waals surface area contributed by atoms with E-state index in [2.05, 4.69) is 0 Å². The zero-order valence-corrected chi connectivity index (χ0v) is 33.9. The number of hydrogen-bond acceptors (Lipinski definition) is 15. The van der Waals surface area contributed by atoms with E-state index in [-0.39, 0.29) is 39.5 Å². The number of ether oxygens (including phenoxy) is 5. The molecule has 3 heterocycles. The monoisotopic (exact) mass is 754 g/mol. The Kier molecular flexibility index (Phi) is 11.4. The van der Waals surface area contributed by atoms with Gasteiger partial charge in [0.25, 0.3) is 0 Å². The van der Waals surface area contributed by atoms with Gasteiger partial charge in [-0.25, -0.2) is 0 Å². The quantitative estimate of drug-likeness (QED) is 0.113. The van der Waals surface area contributed by atoms with Crippen molar-refractivity contribution < 1.29 is 74.7 Å². The standard InChI is InChI=1S/C37H70O15/c1-24(15-16-48-22-31(8)36(13,46)37(14,47)35(12,45)29(6,19-40)52-31)33(10,43)28(5,18-39)51-30(7,34(24,11)44)23-49-20-25(2)27(4,17-38)50-21-26(3,41)32(25,9)42/h38-47H,15-23H2,1-14H3/t24-,25-,26?,27?,28?,29?,30-,31-,32-,33+,34?,35-,36?,37-/m1/s1. The highest BCUT2D eigenvalue weighted by Gasteiger charge is 2.75. The maximum absolute atomic E-state index is 12.5. The van der Waals surface area contributed by atoms with Crippen molar-refractivity contribution in [2.75, 3.05) is 52.9 Å². The zero-order valence-electron chi connectivity index (χ0n) is 33.9. The van der Waals surface area contributed by atoms with E-state index in [4.69, 9.17) is 23.7 Å². The average molecular weight is 755 g/mol. The minimum atomic E-state index is -2.18. The maximum atomic E-state index is 12.5. The summed E-state index contributed by atoms with van der Waals surface area (Å²) in [6.45, 7) is 17.3. The minimum absolute atomic E-state index is 0.0448. The van der Waals surface area contributed by atoms with Crippen LogP contribution in [-0.4, -0.2) is 171 Å². The second-order valence-corrected chi connectivity index (χ2v) is 18.8. The third-order valence-electron chi connectivity index (χ3n) is 15.8. The Morgan fingerprint density at radius 2 is 0.808 bits per heavy atom. The molecule has 0 spiro atoms. The third-order valence-corrected chi connectivity index (χ3v) is 15.8. The molecule has 6 unspecified atom stereocenters. The van der Waals surface area contributed by atoms with E-state index in [9.17, 15) is 51.1 Å². The molecule has 0 radical (unpaired) electrons. The van der Waals surface area contributed by atoms with Gasteiger partial charge in [0.05, 0.1) is 57.3 Å². The number of aliphatic hydroxyl groups excluding tert-OH is 3. The highest BCUT2D eigenvalue weighted by molar-refractivity contribution is 5.25. The van der Waals surface area contributed by atoms with Gasteiger partial charge in [0.1, 0.15) is 61.6 Å². The summed E-state index contributed by atoms with van der Waals surface area (Å²) in [5.74, 6) is 0. The van der Waals surface area contributed by atoms with Crippen molar-refractivity contribution in [1.29, 1.82) is 0 Å². The van der Waals surface area contributed by atoms with Gasteiger partial charge in [0.2, 0.25) is 0 Å². The second kappa shape index (κ2) is 13.0. The molecule has 0 aliphatic carbocycles. The fraction of sp³-hybridized carbons (Fsp3) is 1.00. The van der Waals surface area contributed by atoms with Crippen molar-refractivity contribution in [2.45, 2.75) is 171 Å². The summed E-state index contributed by atoms with van der Waals surface area (Å²) in [5.41, 5.74) is -24.6. The Morgan fingerprint density at radius 3 is 1.27 bits per heavy atom. The molecular weight excluding hydrogens is 684 g/mol. The summed E-state index contributed by atoms with van der Waals surface area (Å²) in [6.07, 6.45) is -0.0448. The van der Waals surface area contributed by atoms with Crippen molar-refractivity contribution in [1.82, 2.24) is 0 Å². The van der Waals surface area contributed by atoms with Crippen LogP contribution in [0.1, 0.15) is 103 Å². The van der Waals surface area contributed by atoms with E-state index in [0.717, 1.165) is 0 Å². The topological polar surface area (TPSA) is 248 Å². The molecule has 3 aliphatic heterocycles. The molecule has 0 bridgehead atoms. The number of aliphatic hydroxyl groups is 10. The molecule has 3 aliphatic rings. The highest BCUT2D eigenvalue weighted by atomic mass is 16.6. The lowest BCUT2D eigenvalue weighted by molar-refractivity contribution is -0.409. The van der Waals surface area contributed by atoms with Gasteiger partial charge in [0.15, 0.2) is 0 Å². The molecule has 0 aromatic carbocycles. The normalized spacial score (nSPS) is 57.2. The van der Waals surface area contributed by atoms with Crippen molar-refractivity contribution >= 4 is 0 Å². The summed E-state index contributed by atoms with van der Waals surface area (Å²) in [5, 5.41) is 113. The first-order chi connectivity index (χ1) is 23.0. The van der Waals surface area contributed by atoms with Crippen LogP contribution in [0.3, 0.4) is 0 Å². The van der Waals surface area contributed by atoms with E-state index in [1.165, 1.54) is 69.2 Å². The second-order valence-electron chi connectivity index (χ2n) is 18.8. The van der Waals surface area contributed by atoms with Gasteiger partial charge in [-0.15, -0.1) is 0 Å².